The Hall–Kier alpha value is -1.61. The lowest BCUT2D eigenvalue weighted by Gasteiger charge is -2.05. The van der Waals surface area contributed by atoms with E-state index < -0.39 is 9.73 Å². The lowest BCUT2D eigenvalue weighted by atomic mass is 10.2. The van der Waals surface area contributed by atoms with E-state index >= 15 is 0 Å². The molecule has 0 aliphatic rings. The monoisotopic (exact) mass is 245 g/mol. The van der Waals surface area contributed by atoms with Crippen molar-refractivity contribution in [3.8, 4) is 0 Å². The second kappa shape index (κ2) is 4.72. The van der Waals surface area contributed by atoms with Crippen LogP contribution in [0.25, 0.3) is 0 Å². The summed E-state index contributed by atoms with van der Waals surface area (Å²) in [6.45, 7) is 1.97. The van der Waals surface area contributed by atoms with Crippen LogP contribution in [0.15, 0.2) is 63.9 Å². The molecule has 3 heteroatoms. The normalized spacial score (nSPS) is 14.0. The van der Waals surface area contributed by atoms with Gasteiger partial charge in [-0.15, -0.1) is 0 Å². The third-order valence-electron chi connectivity index (χ3n) is 2.57. The third kappa shape index (κ3) is 2.74. The lowest BCUT2D eigenvalue weighted by molar-refractivity contribution is 0.681. The van der Waals surface area contributed by atoms with E-state index in [4.69, 9.17) is 0 Å². The molecule has 2 aromatic carbocycles. The number of rotatable bonds is 2. The van der Waals surface area contributed by atoms with Gasteiger partial charge in [0.1, 0.15) is 0 Å². The molecular formula is C14H15NOS. The van der Waals surface area contributed by atoms with Gasteiger partial charge in [0, 0.05) is 11.2 Å². The topological polar surface area (TPSA) is 29.4 Å². The van der Waals surface area contributed by atoms with Gasteiger partial charge in [-0.05, 0) is 30.7 Å². The molecule has 0 heterocycles. The Bertz CT molecular complexity index is 626. The summed E-state index contributed by atoms with van der Waals surface area (Å²) in [6.07, 6.45) is 1.68. The van der Waals surface area contributed by atoms with Crippen LogP contribution in [0.1, 0.15) is 5.56 Å². The quantitative estimate of drug-likeness (QED) is 0.791. The maximum absolute atomic E-state index is 12.5. The Balaban J connectivity index is 2.54. The molecule has 0 fully saturated rings. The van der Waals surface area contributed by atoms with Crippen LogP contribution in [0.4, 0.5) is 5.69 Å². The standard InChI is InChI=1S/C14H15NOS/c1-12-8-6-7-11-14(12)15-17(2,16)13-9-4-3-5-10-13/h3-11H,1-2H3/t17-/m0/s1. The van der Waals surface area contributed by atoms with Gasteiger partial charge in [0.05, 0.1) is 15.4 Å². The summed E-state index contributed by atoms with van der Waals surface area (Å²) in [6, 6.07) is 17.1. The zero-order valence-electron chi connectivity index (χ0n) is 9.96. The summed E-state index contributed by atoms with van der Waals surface area (Å²) in [7, 11) is -2.36. The van der Waals surface area contributed by atoms with Crippen LogP contribution in [-0.4, -0.2) is 10.5 Å². The Morgan fingerprint density at radius 1 is 0.941 bits per heavy atom. The Labute approximate surface area is 102 Å². The van der Waals surface area contributed by atoms with Crippen molar-refractivity contribution in [2.45, 2.75) is 11.8 Å². The molecule has 0 radical (unpaired) electrons. The molecule has 0 amide bonds. The first-order chi connectivity index (χ1) is 8.09. The molecule has 17 heavy (non-hydrogen) atoms. The molecule has 2 nitrogen and oxygen atoms in total. The van der Waals surface area contributed by atoms with Gasteiger partial charge in [-0.1, -0.05) is 36.4 Å². The lowest BCUT2D eigenvalue weighted by Crippen LogP contribution is -1.96. The van der Waals surface area contributed by atoms with Crippen molar-refractivity contribution in [3.05, 3.63) is 60.2 Å². The van der Waals surface area contributed by atoms with E-state index in [9.17, 15) is 4.21 Å². The maximum atomic E-state index is 12.5. The van der Waals surface area contributed by atoms with E-state index in [-0.39, 0.29) is 0 Å². The Morgan fingerprint density at radius 3 is 2.18 bits per heavy atom. The highest BCUT2D eigenvalue weighted by Crippen LogP contribution is 2.22. The summed E-state index contributed by atoms with van der Waals surface area (Å²) in [5.74, 6) is 0. The van der Waals surface area contributed by atoms with Gasteiger partial charge in [0.25, 0.3) is 0 Å². The van der Waals surface area contributed by atoms with Gasteiger partial charge in [0.2, 0.25) is 0 Å². The molecule has 0 aliphatic heterocycles. The Kier molecular flexibility index (Phi) is 3.29. The number of aryl methyl sites for hydroxylation is 1. The summed E-state index contributed by atoms with van der Waals surface area (Å²) in [4.78, 5) is 0.767. The van der Waals surface area contributed by atoms with Gasteiger partial charge in [0.15, 0.2) is 0 Å². The molecule has 2 rings (SSSR count). The maximum Gasteiger partial charge on any atom is 0.0771 e. The number of hydrogen-bond donors (Lipinski definition) is 0. The van der Waals surface area contributed by atoms with E-state index in [1.807, 2.05) is 61.5 Å². The van der Waals surface area contributed by atoms with Crippen LogP contribution in [-0.2, 0) is 9.73 Å². The fourth-order valence-corrected chi connectivity index (χ4v) is 2.93. The average molecular weight is 245 g/mol. The SMILES string of the molecule is Cc1ccccc1N=[S@@](C)(=O)c1ccccc1. The van der Waals surface area contributed by atoms with E-state index in [0.717, 1.165) is 16.1 Å². The summed E-state index contributed by atoms with van der Waals surface area (Å²) < 4.78 is 16.9. The first kappa shape index (κ1) is 11.9. The van der Waals surface area contributed by atoms with Crippen LogP contribution in [0.2, 0.25) is 0 Å². The van der Waals surface area contributed by atoms with Crippen LogP contribution in [0.5, 0.6) is 0 Å². The molecule has 0 unspecified atom stereocenters. The zero-order valence-corrected chi connectivity index (χ0v) is 10.8. The summed E-state index contributed by atoms with van der Waals surface area (Å²) in [5.41, 5.74) is 1.84. The first-order valence-electron chi connectivity index (χ1n) is 5.42. The van der Waals surface area contributed by atoms with Crippen molar-refractivity contribution in [2.24, 2.45) is 4.36 Å². The molecule has 1 atom stereocenters. The largest absolute Gasteiger partial charge is 0.245 e. The first-order valence-corrected chi connectivity index (χ1v) is 7.35. The molecule has 0 spiro atoms. The highest BCUT2D eigenvalue weighted by atomic mass is 32.2. The minimum atomic E-state index is -2.36. The van der Waals surface area contributed by atoms with Crippen molar-refractivity contribution < 1.29 is 4.21 Å². The van der Waals surface area contributed by atoms with E-state index in [0.29, 0.717) is 0 Å². The van der Waals surface area contributed by atoms with E-state index in [1.165, 1.54) is 0 Å². The highest BCUT2D eigenvalue weighted by Gasteiger charge is 2.05. The molecular weight excluding hydrogens is 230 g/mol. The van der Waals surface area contributed by atoms with Crippen molar-refractivity contribution in [2.75, 3.05) is 6.26 Å². The van der Waals surface area contributed by atoms with Gasteiger partial charge in [-0.3, -0.25) is 0 Å². The van der Waals surface area contributed by atoms with Crippen molar-refractivity contribution >= 4 is 15.4 Å². The molecule has 0 saturated carbocycles. The van der Waals surface area contributed by atoms with Crippen molar-refractivity contribution in [1.82, 2.24) is 0 Å². The van der Waals surface area contributed by atoms with Crippen LogP contribution in [0, 0.1) is 6.92 Å². The predicted octanol–water partition coefficient (Wildman–Crippen LogP) is 3.78. The summed E-state index contributed by atoms with van der Waals surface area (Å²) >= 11 is 0. The molecule has 0 N–H and O–H groups in total. The predicted molar refractivity (Wildman–Crippen MR) is 72.0 cm³/mol. The molecule has 0 saturated heterocycles. The molecule has 0 aliphatic carbocycles. The second-order valence-corrected chi connectivity index (χ2v) is 6.25. The van der Waals surface area contributed by atoms with Crippen molar-refractivity contribution in [3.63, 3.8) is 0 Å². The number of benzene rings is 2. The molecule has 0 aromatic heterocycles. The van der Waals surface area contributed by atoms with Gasteiger partial charge in [-0.25, -0.2) is 4.21 Å². The van der Waals surface area contributed by atoms with Gasteiger partial charge < -0.3 is 0 Å². The van der Waals surface area contributed by atoms with Crippen LogP contribution in [0.3, 0.4) is 0 Å². The minimum Gasteiger partial charge on any atom is -0.245 e. The second-order valence-electron chi connectivity index (χ2n) is 3.99. The number of nitrogens with zero attached hydrogens (tertiary/aromatic N) is 1. The zero-order chi connectivity index (χ0) is 12.3. The van der Waals surface area contributed by atoms with Crippen LogP contribution < -0.4 is 0 Å². The number of hydrogen-bond acceptors (Lipinski definition) is 2. The molecule has 88 valence electrons. The smallest absolute Gasteiger partial charge is 0.0771 e. The van der Waals surface area contributed by atoms with Gasteiger partial charge in [-0.2, -0.15) is 4.36 Å². The fourth-order valence-electron chi connectivity index (χ4n) is 1.58. The van der Waals surface area contributed by atoms with Gasteiger partial charge >= 0.3 is 0 Å². The molecule has 0 bridgehead atoms. The third-order valence-corrected chi connectivity index (χ3v) is 4.26. The van der Waals surface area contributed by atoms with E-state index in [2.05, 4.69) is 4.36 Å². The van der Waals surface area contributed by atoms with Crippen LogP contribution >= 0.6 is 0 Å². The summed E-state index contributed by atoms with van der Waals surface area (Å²) in [5, 5.41) is 0. The highest BCUT2D eigenvalue weighted by molar-refractivity contribution is 7.93. The Morgan fingerprint density at radius 2 is 1.53 bits per heavy atom. The fraction of sp³-hybridized carbons (Fsp3) is 0.143. The van der Waals surface area contributed by atoms with E-state index in [1.54, 1.807) is 6.26 Å². The minimum absolute atomic E-state index is 0.767. The molecule has 2 aromatic rings. The average Bonchev–Trinajstić information content (AvgIpc) is 2.33. The van der Waals surface area contributed by atoms with Crippen molar-refractivity contribution in [1.29, 1.82) is 0 Å².